The predicted octanol–water partition coefficient (Wildman–Crippen LogP) is 1.87. The van der Waals surface area contributed by atoms with Crippen LogP contribution < -0.4 is 4.90 Å². The lowest BCUT2D eigenvalue weighted by molar-refractivity contribution is -0.137. The van der Waals surface area contributed by atoms with Crippen LogP contribution in [0.25, 0.3) is 0 Å². The maximum atomic E-state index is 12.4. The van der Waals surface area contributed by atoms with Crippen molar-refractivity contribution in [3.63, 3.8) is 0 Å². The quantitative estimate of drug-likeness (QED) is 0.700. The summed E-state index contributed by atoms with van der Waals surface area (Å²) in [4.78, 5) is 8.58. The largest absolute Gasteiger partial charge is 0.421 e. The van der Waals surface area contributed by atoms with E-state index in [1.54, 1.807) is 6.92 Å². The molecular weight excluding hydrogens is 195 g/mol. The molecule has 0 aliphatic carbocycles. The SMILES string of the molecule is Cc1ncc(C(F)(F)F)c(N(C)C)n1. The van der Waals surface area contributed by atoms with Crippen LogP contribution in [0.4, 0.5) is 19.0 Å². The summed E-state index contributed by atoms with van der Waals surface area (Å²) in [5.74, 6) is 0.215. The van der Waals surface area contributed by atoms with Gasteiger partial charge in [-0.1, -0.05) is 0 Å². The lowest BCUT2D eigenvalue weighted by atomic mass is 10.3. The van der Waals surface area contributed by atoms with Crippen LogP contribution in [0.2, 0.25) is 0 Å². The van der Waals surface area contributed by atoms with E-state index in [0.717, 1.165) is 6.20 Å². The zero-order valence-electron chi connectivity index (χ0n) is 8.05. The molecule has 0 saturated heterocycles. The molecule has 6 heteroatoms. The van der Waals surface area contributed by atoms with Gasteiger partial charge in [0.2, 0.25) is 0 Å². The lowest BCUT2D eigenvalue weighted by Gasteiger charge is -2.17. The molecule has 1 aromatic rings. The van der Waals surface area contributed by atoms with Gasteiger partial charge in [-0.3, -0.25) is 0 Å². The molecule has 1 heterocycles. The van der Waals surface area contributed by atoms with E-state index in [4.69, 9.17) is 0 Å². The second-order valence-electron chi connectivity index (χ2n) is 3.05. The van der Waals surface area contributed by atoms with Crippen molar-refractivity contribution in [3.05, 3.63) is 17.6 Å². The average Bonchev–Trinajstić information content (AvgIpc) is 2.01. The van der Waals surface area contributed by atoms with Gasteiger partial charge in [-0.2, -0.15) is 13.2 Å². The van der Waals surface area contributed by atoms with Gasteiger partial charge in [0.25, 0.3) is 0 Å². The van der Waals surface area contributed by atoms with E-state index in [1.807, 2.05) is 0 Å². The monoisotopic (exact) mass is 205 g/mol. The van der Waals surface area contributed by atoms with Crippen LogP contribution in [0.15, 0.2) is 6.20 Å². The molecule has 1 rings (SSSR count). The summed E-state index contributed by atoms with van der Waals surface area (Å²) in [6, 6.07) is 0. The van der Waals surface area contributed by atoms with Gasteiger partial charge in [0.05, 0.1) is 0 Å². The second-order valence-corrected chi connectivity index (χ2v) is 3.05. The normalized spacial score (nSPS) is 11.6. The van der Waals surface area contributed by atoms with Crippen LogP contribution in [-0.2, 0) is 6.18 Å². The summed E-state index contributed by atoms with van der Waals surface area (Å²) in [5.41, 5.74) is -0.812. The zero-order valence-corrected chi connectivity index (χ0v) is 8.05. The number of halogens is 3. The summed E-state index contributed by atoms with van der Waals surface area (Å²) >= 11 is 0. The third-order valence-electron chi connectivity index (χ3n) is 1.62. The van der Waals surface area contributed by atoms with Gasteiger partial charge < -0.3 is 4.90 Å². The fraction of sp³-hybridized carbons (Fsp3) is 0.500. The smallest absolute Gasteiger partial charge is 0.362 e. The number of hydrogen-bond acceptors (Lipinski definition) is 3. The Hall–Kier alpha value is -1.33. The molecule has 0 aliphatic rings. The fourth-order valence-corrected chi connectivity index (χ4v) is 0.999. The highest BCUT2D eigenvalue weighted by molar-refractivity contribution is 5.46. The van der Waals surface area contributed by atoms with Crippen LogP contribution in [0.3, 0.4) is 0 Å². The predicted molar refractivity (Wildman–Crippen MR) is 46.1 cm³/mol. The number of aromatic nitrogens is 2. The van der Waals surface area contributed by atoms with Gasteiger partial charge in [0, 0.05) is 20.3 Å². The first-order valence-electron chi connectivity index (χ1n) is 3.90. The Morgan fingerprint density at radius 1 is 1.29 bits per heavy atom. The first kappa shape index (κ1) is 10.7. The van der Waals surface area contributed by atoms with E-state index >= 15 is 0 Å². The molecule has 0 unspecified atom stereocenters. The van der Waals surface area contributed by atoms with Gasteiger partial charge in [-0.15, -0.1) is 0 Å². The number of aryl methyl sites for hydroxylation is 1. The molecule has 0 spiro atoms. The molecule has 0 saturated carbocycles. The molecule has 0 aromatic carbocycles. The minimum absolute atomic E-state index is 0.106. The summed E-state index contributed by atoms with van der Waals surface area (Å²) in [5, 5.41) is 0. The Morgan fingerprint density at radius 2 is 1.86 bits per heavy atom. The van der Waals surface area contributed by atoms with Crippen molar-refractivity contribution >= 4 is 5.82 Å². The summed E-state index contributed by atoms with van der Waals surface area (Å²) in [6.07, 6.45) is -3.61. The fourth-order valence-electron chi connectivity index (χ4n) is 0.999. The molecule has 3 nitrogen and oxygen atoms in total. The van der Waals surface area contributed by atoms with Crippen LogP contribution in [-0.4, -0.2) is 24.1 Å². The molecule has 0 fully saturated rings. The average molecular weight is 205 g/mol. The maximum Gasteiger partial charge on any atom is 0.421 e. The van der Waals surface area contributed by atoms with E-state index in [1.165, 1.54) is 19.0 Å². The third-order valence-corrected chi connectivity index (χ3v) is 1.62. The van der Waals surface area contributed by atoms with Crippen LogP contribution >= 0.6 is 0 Å². The van der Waals surface area contributed by atoms with Crippen molar-refractivity contribution in [3.8, 4) is 0 Å². The highest BCUT2D eigenvalue weighted by atomic mass is 19.4. The van der Waals surface area contributed by atoms with Crippen molar-refractivity contribution in [1.29, 1.82) is 0 Å². The molecule has 0 radical (unpaired) electrons. The summed E-state index contributed by atoms with van der Waals surface area (Å²) in [6.45, 7) is 1.55. The molecule has 0 atom stereocenters. The van der Waals surface area contributed by atoms with Crippen molar-refractivity contribution in [1.82, 2.24) is 9.97 Å². The van der Waals surface area contributed by atoms with Crippen molar-refractivity contribution in [2.45, 2.75) is 13.1 Å². The highest BCUT2D eigenvalue weighted by Gasteiger charge is 2.35. The van der Waals surface area contributed by atoms with Crippen LogP contribution in [0, 0.1) is 6.92 Å². The number of rotatable bonds is 1. The highest BCUT2D eigenvalue weighted by Crippen LogP contribution is 2.34. The molecule has 0 N–H and O–H groups in total. The molecule has 78 valence electrons. The Kier molecular flexibility index (Phi) is 2.64. The summed E-state index contributed by atoms with van der Waals surface area (Å²) in [7, 11) is 3.02. The first-order chi connectivity index (χ1) is 6.32. The molecule has 14 heavy (non-hydrogen) atoms. The van der Waals surface area contributed by atoms with Crippen molar-refractivity contribution in [2.24, 2.45) is 0 Å². The van der Waals surface area contributed by atoms with Crippen molar-refractivity contribution in [2.75, 3.05) is 19.0 Å². The minimum Gasteiger partial charge on any atom is -0.362 e. The lowest BCUT2D eigenvalue weighted by Crippen LogP contribution is -2.19. The van der Waals surface area contributed by atoms with Gasteiger partial charge in [-0.25, -0.2) is 9.97 Å². The number of anilines is 1. The molecule has 0 amide bonds. The molecular formula is C8H10F3N3. The van der Waals surface area contributed by atoms with Gasteiger partial charge >= 0.3 is 6.18 Å². The third kappa shape index (κ3) is 2.12. The van der Waals surface area contributed by atoms with E-state index in [9.17, 15) is 13.2 Å². The Bertz CT molecular complexity index is 333. The van der Waals surface area contributed by atoms with E-state index in [2.05, 4.69) is 9.97 Å². The topological polar surface area (TPSA) is 29.0 Å². The molecule has 0 bridgehead atoms. The van der Waals surface area contributed by atoms with Gasteiger partial charge in [0.1, 0.15) is 17.2 Å². The number of alkyl halides is 3. The summed E-state index contributed by atoms with van der Waals surface area (Å²) < 4.78 is 37.3. The van der Waals surface area contributed by atoms with E-state index in [-0.39, 0.29) is 5.82 Å². The minimum atomic E-state index is -4.41. The second kappa shape index (κ2) is 3.43. The maximum absolute atomic E-state index is 12.4. The van der Waals surface area contributed by atoms with Crippen LogP contribution in [0.5, 0.6) is 0 Å². The Morgan fingerprint density at radius 3 is 2.29 bits per heavy atom. The Balaban J connectivity index is 3.29. The molecule has 1 aromatic heterocycles. The zero-order chi connectivity index (χ0) is 10.9. The standard InChI is InChI=1S/C8H10F3N3/c1-5-12-4-6(8(9,10)11)7(13-5)14(2)3/h4H,1-3H3. The number of nitrogens with zero attached hydrogens (tertiary/aromatic N) is 3. The first-order valence-corrected chi connectivity index (χ1v) is 3.90. The van der Waals surface area contributed by atoms with E-state index in [0.29, 0.717) is 5.82 Å². The number of hydrogen-bond donors (Lipinski definition) is 0. The van der Waals surface area contributed by atoms with Gasteiger partial charge in [-0.05, 0) is 6.92 Å². The van der Waals surface area contributed by atoms with Crippen molar-refractivity contribution < 1.29 is 13.2 Å². The van der Waals surface area contributed by atoms with Crippen LogP contribution in [0.1, 0.15) is 11.4 Å². The Labute approximate surface area is 79.6 Å². The molecule has 0 aliphatic heterocycles. The van der Waals surface area contributed by atoms with Gasteiger partial charge in [0.15, 0.2) is 0 Å². The van der Waals surface area contributed by atoms with E-state index < -0.39 is 11.7 Å².